The van der Waals surface area contributed by atoms with Gasteiger partial charge in [-0.25, -0.2) is 8.42 Å². The summed E-state index contributed by atoms with van der Waals surface area (Å²) in [5.74, 6) is 0.481. The molecule has 2 rings (SSSR count). The first-order valence-electron chi connectivity index (χ1n) is 5.89. The van der Waals surface area contributed by atoms with E-state index in [1.807, 2.05) is 0 Å². The number of methoxy groups -OCH3 is 1. The summed E-state index contributed by atoms with van der Waals surface area (Å²) in [4.78, 5) is 0.749. The number of hydrogen-bond acceptors (Lipinski definition) is 5. The maximum atomic E-state index is 12.6. The van der Waals surface area contributed by atoms with Crippen LogP contribution in [0.4, 0.5) is 5.69 Å². The van der Waals surface area contributed by atoms with Gasteiger partial charge in [0.15, 0.2) is 0 Å². The molecule has 2 aromatic rings. The quantitative estimate of drug-likeness (QED) is 0.844. The highest BCUT2D eigenvalue weighted by molar-refractivity contribution is 7.94. The fourth-order valence-corrected chi connectivity index (χ4v) is 4.47. The fraction of sp³-hybridized carbons (Fsp3) is 0.154. The summed E-state index contributed by atoms with van der Waals surface area (Å²) in [6, 6.07) is 10.0. The smallest absolute Gasteiger partial charge is 0.273 e. The molecule has 0 fully saturated rings. The summed E-state index contributed by atoms with van der Waals surface area (Å²) in [5, 5.41) is 0. The highest BCUT2D eigenvalue weighted by Gasteiger charge is 2.25. The van der Waals surface area contributed by atoms with Crippen molar-refractivity contribution in [2.24, 2.45) is 5.73 Å². The lowest BCUT2D eigenvalue weighted by molar-refractivity contribution is 0.416. The Morgan fingerprint density at radius 2 is 1.95 bits per heavy atom. The van der Waals surface area contributed by atoms with Crippen molar-refractivity contribution in [2.75, 3.05) is 18.5 Å². The normalized spacial score (nSPS) is 11.1. The van der Waals surface area contributed by atoms with Crippen LogP contribution in [0.25, 0.3) is 0 Å². The molecule has 1 aromatic carbocycles. The van der Waals surface area contributed by atoms with Crippen LogP contribution in [0, 0.1) is 0 Å². The summed E-state index contributed by atoms with van der Waals surface area (Å²) in [6.07, 6.45) is 0. The van der Waals surface area contributed by atoms with Gasteiger partial charge >= 0.3 is 0 Å². The van der Waals surface area contributed by atoms with Crippen LogP contribution >= 0.6 is 23.6 Å². The summed E-state index contributed by atoms with van der Waals surface area (Å²) in [5.41, 5.74) is 5.98. The molecule has 0 amide bonds. The average Bonchev–Trinajstić information content (AvgIpc) is 2.97. The van der Waals surface area contributed by atoms with E-state index in [1.54, 1.807) is 30.3 Å². The molecule has 112 valence electrons. The predicted molar refractivity (Wildman–Crippen MR) is 88.8 cm³/mol. The minimum absolute atomic E-state index is 0.179. The van der Waals surface area contributed by atoms with Crippen LogP contribution in [0.3, 0.4) is 0 Å². The molecule has 0 bridgehead atoms. The van der Waals surface area contributed by atoms with Crippen molar-refractivity contribution < 1.29 is 13.2 Å². The monoisotopic (exact) mass is 342 g/mol. The molecule has 0 atom stereocenters. The molecule has 0 saturated carbocycles. The Kier molecular flexibility index (Phi) is 4.50. The first kappa shape index (κ1) is 15.7. The molecule has 1 aromatic heterocycles. The van der Waals surface area contributed by atoms with Gasteiger partial charge in [-0.05, 0) is 24.3 Å². The van der Waals surface area contributed by atoms with Crippen molar-refractivity contribution in [1.29, 1.82) is 0 Å². The SMILES string of the molecule is COc1ccccc1N(C)S(=O)(=O)c1ccc(C(N)=S)s1. The lowest BCUT2D eigenvalue weighted by Gasteiger charge is -2.20. The van der Waals surface area contributed by atoms with Gasteiger partial charge in [0.25, 0.3) is 10.0 Å². The van der Waals surface area contributed by atoms with E-state index in [0.29, 0.717) is 16.3 Å². The van der Waals surface area contributed by atoms with Gasteiger partial charge in [-0.3, -0.25) is 4.31 Å². The largest absolute Gasteiger partial charge is 0.495 e. The molecular weight excluding hydrogens is 328 g/mol. The summed E-state index contributed by atoms with van der Waals surface area (Å²) >= 11 is 5.90. The Morgan fingerprint density at radius 3 is 2.52 bits per heavy atom. The molecule has 5 nitrogen and oxygen atoms in total. The molecule has 0 aliphatic rings. The Morgan fingerprint density at radius 1 is 1.29 bits per heavy atom. The number of hydrogen-bond donors (Lipinski definition) is 1. The number of sulfonamides is 1. The second-order valence-corrected chi connectivity index (χ2v) is 7.85. The Balaban J connectivity index is 2.45. The average molecular weight is 342 g/mol. The molecule has 21 heavy (non-hydrogen) atoms. The third-order valence-electron chi connectivity index (χ3n) is 2.86. The van der Waals surface area contributed by atoms with Crippen LogP contribution in [-0.4, -0.2) is 27.6 Å². The molecule has 8 heteroatoms. The van der Waals surface area contributed by atoms with Gasteiger partial charge in [-0.2, -0.15) is 0 Å². The summed E-state index contributed by atoms with van der Waals surface area (Å²) in [7, 11) is -0.706. The zero-order valence-electron chi connectivity index (χ0n) is 11.4. The van der Waals surface area contributed by atoms with E-state index in [-0.39, 0.29) is 9.20 Å². The number of ether oxygens (including phenoxy) is 1. The molecule has 0 spiro atoms. The zero-order chi connectivity index (χ0) is 15.6. The zero-order valence-corrected chi connectivity index (χ0v) is 13.9. The Hall–Kier alpha value is -1.64. The van der Waals surface area contributed by atoms with Crippen molar-refractivity contribution >= 4 is 44.3 Å². The van der Waals surface area contributed by atoms with E-state index in [1.165, 1.54) is 24.5 Å². The molecule has 0 aliphatic carbocycles. The minimum atomic E-state index is -3.68. The van der Waals surface area contributed by atoms with Crippen LogP contribution in [0.15, 0.2) is 40.6 Å². The standard InChI is InChI=1S/C13H14N2O3S3/c1-15(9-5-3-4-6-10(9)18-2)21(16,17)12-8-7-11(20-12)13(14)19/h3-8H,1-2H3,(H2,14,19). The van der Waals surface area contributed by atoms with E-state index < -0.39 is 10.0 Å². The van der Waals surface area contributed by atoms with Crippen LogP contribution in [-0.2, 0) is 10.0 Å². The topological polar surface area (TPSA) is 72.6 Å². The van der Waals surface area contributed by atoms with Crippen LogP contribution in [0.5, 0.6) is 5.75 Å². The summed E-state index contributed by atoms with van der Waals surface area (Å²) < 4.78 is 31.8. The number of nitrogens with zero attached hydrogens (tertiary/aromatic N) is 1. The third-order valence-corrected chi connectivity index (χ3v) is 6.57. The summed E-state index contributed by atoms with van der Waals surface area (Å²) in [6.45, 7) is 0. The van der Waals surface area contributed by atoms with Crippen molar-refractivity contribution in [3.05, 3.63) is 41.3 Å². The van der Waals surface area contributed by atoms with E-state index in [0.717, 1.165) is 11.3 Å². The predicted octanol–water partition coefficient (Wildman–Crippen LogP) is 2.22. The third kappa shape index (κ3) is 3.02. The van der Waals surface area contributed by atoms with Gasteiger partial charge in [-0.15, -0.1) is 11.3 Å². The number of rotatable bonds is 5. The first-order chi connectivity index (χ1) is 9.87. The second-order valence-electron chi connectivity index (χ2n) is 4.13. The molecule has 0 saturated heterocycles. The van der Waals surface area contributed by atoms with E-state index in [2.05, 4.69) is 0 Å². The van der Waals surface area contributed by atoms with E-state index in [9.17, 15) is 8.42 Å². The molecule has 2 N–H and O–H groups in total. The molecular formula is C13H14N2O3S3. The number of nitrogens with two attached hydrogens (primary N) is 1. The van der Waals surface area contributed by atoms with Crippen molar-refractivity contribution in [1.82, 2.24) is 0 Å². The molecule has 0 aliphatic heterocycles. The van der Waals surface area contributed by atoms with Crippen LogP contribution < -0.4 is 14.8 Å². The number of para-hydroxylation sites is 2. The highest BCUT2D eigenvalue weighted by Crippen LogP contribution is 2.32. The number of thiocarbonyl (C=S) groups is 1. The van der Waals surface area contributed by atoms with Gasteiger partial charge in [0.05, 0.1) is 17.7 Å². The van der Waals surface area contributed by atoms with E-state index in [4.69, 9.17) is 22.7 Å². The van der Waals surface area contributed by atoms with Crippen molar-refractivity contribution in [3.8, 4) is 5.75 Å². The Bertz CT molecular complexity index is 768. The maximum Gasteiger partial charge on any atom is 0.273 e. The number of benzene rings is 1. The minimum Gasteiger partial charge on any atom is -0.495 e. The fourth-order valence-electron chi connectivity index (χ4n) is 1.75. The number of thiophene rings is 1. The van der Waals surface area contributed by atoms with E-state index >= 15 is 0 Å². The van der Waals surface area contributed by atoms with Crippen LogP contribution in [0.2, 0.25) is 0 Å². The molecule has 0 unspecified atom stereocenters. The van der Waals surface area contributed by atoms with Crippen molar-refractivity contribution in [2.45, 2.75) is 4.21 Å². The van der Waals surface area contributed by atoms with Crippen molar-refractivity contribution in [3.63, 3.8) is 0 Å². The van der Waals surface area contributed by atoms with Gasteiger partial charge in [0, 0.05) is 7.05 Å². The highest BCUT2D eigenvalue weighted by atomic mass is 32.2. The second kappa shape index (κ2) is 6.00. The maximum absolute atomic E-state index is 12.6. The Labute approximate surface area is 133 Å². The van der Waals surface area contributed by atoms with Gasteiger partial charge < -0.3 is 10.5 Å². The lowest BCUT2D eigenvalue weighted by atomic mass is 10.3. The number of anilines is 1. The molecule has 1 heterocycles. The van der Waals surface area contributed by atoms with Crippen LogP contribution in [0.1, 0.15) is 4.88 Å². The van der Waals surface area contributed by atoms with Gasteiger partial charge in [0.2, 0.25) is 0 Å². The lowest BCUT2D eigenvalue weighted by Crippen LogP contribution is -2.26. The van der Waals surface area contributed by atoms with Gasteiger partial charge in [0.1, 0.15) is 14.9 Å². The molecule has 0 radical (unpaired) electrons. The van der Waals surface area contributed by atoms with Gasteiger partial charge in [-0.1, -0.05) is 24.4 Å². The first-order valence-corrected chi connectivity index (χ1v) is 8.56.